The molecule has 2 aromatic rings. The Balaban J connectivity index is 1.54. The van der Waals surface area contributed by atoms with E-state index in [1.54, 1.807) is 12.1 Å². The summed E-state index contributed by atoms with van der Waals surface area (Å²) in [5, 5.41) is 5.37. The van der Waals surface area contributed by atoms with Gasteiger partial charge < -0.3 is 10.6 Å². The summed E-state index contributed by atoms with van der Waals surface area (Å²) in [5.41, 5.74) is 0.818. The first-order chi connectivity index (χ1) is 14.9. The zero-order valence-corrected chi connectivity index (χ0v) is 17.4. The molecule has 2 N–H and O–H groups in total. The first-order valence-corrected chi connectivity index (χ1v) is 10.8. The number of carbonyl (C=O) groups excluding carboxylic acids is 3. The third-order valence-electron chi connectivity index (χ3n) is 5.58. The number of para-hydroxylation sites is 1. The van der Waals surface area contributed by atoms with Gasteiger partial charge in [-0.25, -0.2) is 4.79 Å². The number of carbonyl (C=O) groups is 3. The van der Waals surface area contributed by atoms with Crippen LogP contribution >= 0.6 is 11.8 Å². The van der Waals surface area contributed by atoms with Crippen LogP contribution in [-0.2, 0) is 21.5 Å². The van der Waals surface area contributed by atoms with E-state index in [9.17, 15) is 23.2 Å². The van der Waals surface area contributed by atoms with Gasteiger partial charge in [0.2, 0.25) is 5.91 Å². The van der Waals surface area contributed by atoms with Crippen molar-refractivity contribution < 1.29 is 23.2 Å². The Labute approximate surface area is 182 Å². The maximum atomic E-state index is 13.4. The maximum absolute atomic E-state index is 13.4. The van der Waals surface area contributed by atoms with Crippen LogP contribution in [0.1, 0.15) is 30.4 Å². The molecule has 0 bridgehead atoms. The second-order valence-corrected chi connectivity index (χ2v) is 8.55. The predicted molar refractivity (Wildman–Crippen MR) is 113 cm³/mol. The molecule has 0 saturated carbocycles. The lowest BCUT2D eigenvalue weighted by Gasteiger charge is -2.27. The number of thioether (sulfide) groups is 1. The van der Waals surface area contributed by atoms with E-state index in [4.69, 9.17) is 0 Å². The summed E-state index contributed by atoms with van der Waals surface area (Å²) in [7, 11) is 0. The number of nitrogens with zero attached hydrogens (tertiary/aromatic N) is 1. The fraction of sp³-hybridized carbons (Fsp3) is 0.318. The van der Waals surface area contributed by atoms with Crippen LogP contribution in [0.25, 0.3) is 0 Å². The van der Waals surface area contributed by atoms with Gasteiger partial charge in [0.15, 0.2) is 0 Å². The number of rotatable bonds is 5. The van der Waals surface area contributed by atoms with E-state index in [-0.39, 0.29) is 10.6 Å². The first-order valence-electron chi connectivity index (χ1n) is 9.97. The molecule has 6 nitrogen and oxygen atoms in total. The highest BCUT2D eigenvalue weighted by Crippen LogP contribution is 2.39. The highest BCUT2D eigenvalue weighted by atomic mass is 32.2. The Bertz CT molecular complexity index is 1030. The van der Waals surface area contributed by atoms with Gasteiger partial charge in [-0.15, -0.1) is 0 Å². The Morgan fingerprint density at radius 2 is 1.87 bits per heavy atom. The third-order valence-corrected chi connectivity index (χ3v) is 6.37. The van der Waals surface area contributed by atoms with Crippen LogP contribution in [-0.4, -0.2) is 35.0 Å². The molecule has 0 radical (unpaired) electrons. The molecule has 1 fully saturated rings. The molecule has 2 aliphatic rings. The van der Waals surface area contributed by atoms with Crippen LogP contribution < -0.4 is 10.6 Å². The topological polar surface area (TPSA) is 78.5 Å². The van der Waals surface area contributed by atoms with Gasteiger partial charge in [-0.05, 0) is 48.9 Å². The zero-order chi connectivity index (χ0) is 22.0. The highest BCUT2D eigenvalue weighted by molar-refractivity contribution is 7.99. The molecular weight excluding hydrogens is 424 g/mol. The molecule has 2 aromatic carbocycles. The molecular formula is C22H21F2N3O3S. The third kappa shape index (κ3) is 4.14. The SMILES string of the molecule is O=C(CN1C(=O)NC2(CCCCc3ccccc32)C1=O)Nc1ccccc1SC(F)F. The minimum Gasteiger partial charge on any atom is -0.324 e. The number of nitrogens with one attached hydrogen (secondary N) is 2. The van der Waals surface area contributed by atoms with Gasteiger partial charge in [0.05, 0.1) is 5.69 Å². The fourth-order valence-corrected chi connectivity index (χ4v) is 4.81. The van der Waals surface area contributed by atoms with Crippen LogP contribution in [0.5, 0.6) is 0 Å². The van der Waals surface area contributed by atoms with Crippen molar-refractivity contribution in [2.24, 2.45) is 0 Å². The molecule has 1 saturated heterocycles. The van der Waals surface area contributed by atoms with Crippen molar-refractivity contribution in [2.45, 2.75) is 41.9 Å². The Morgan fingerprint density at radius 3 is 2.68 bits per heavy atom. The number of hydrogen-bond acceptors (Lipinski definition) is 4. The Kier molecular flexibility index (Phi) is 5.95. The molecule has 4 amide bonds. The van der Waals surface area contributed by atoms with E-state index in [0.29, 0.717) is 18.2 Å². The van der Waals surface area contributed by atoms with Crippen molar-refractivity contribution in [3.05, 3.63) is 59.7 Å². The highest BCUT2D eigenvalue weighted by Gasteiger charge is 2.53. The number of fused-ring (bicyclic) bond motifs is 2. The van der Waals surface area contributed by atoms with E-state index in [1.165, 1.54) is 12.1 Å². The van der Waals surface area contributed by atoms with Crippen molar-refractivity contribution in [1.29, 1.82) is 0 Å². The van der Waals surface area contributed by atoms with Gasteiger partial charge in [0.1, 0.15) is 12.1 Å². The summed E-state index contributed by atoms with van der Waals surface area (Å²) in [6.07, 6.45) is 2.95. The standard InChI is InChI=1S/C22H21F2N3O3S/c23-20(24)31-17-11-4-3-10-16(17)25-18(28)13-27-19(29)22(26-21(27)30)12-6-5-8-14-7-1-2-9-15(14)22/h1-4,7,9-11,20H,5-6,8,12-13H2,(H,25,28)(H,26,30). The minimum atomic E-state index is -2.64. The molecule has 162 valence electrons. The average Bonchev–Trinajstić information content (AvgIpc) is 2.88. The zero-order valence-electron chi connectivity index (χ0n) is 16.6. The number of alkyl halides is 2. The van der Waals surface area contributed by atoms with Gasteiger partial charge in [-0.2, -0.15) is 8.78 Å². The predicted octanol–water partition coefficient (Wildman–Crippen LogP) is 4.11. The van der Waals surface area contributed by atoms with Gasteiger partial charge >= 0.3 is 6.03 Å². The average molecular weight is 445 g/mol. The molecule has 0 aromatic heterocycles. The smallest absolute Gasteiger partial charge is 0.324 e. The lowest BCUT2D eigenvalue weighted by atomic mass is 9.84. The summed E-state index contributed by atoms with van der Waals surface area (Å²) in [4.78, 5) is 39.8. The molecule has 1 aliphatic carbocycles. The normalized spacial score (nSPS) is 20.5. The van der Waals surface area contributed by atoms with Crippen LogP contribution in [0.4, 0.5) is 19.3 Å². The minimum absolute atomic E-state index is 0.206. The number of aryl methyl sites for hydroxylation is 1. The van der Waals surface area contributed by atoms with E-state index >= 15 is 0 Å². The molecule has 1 unspecified atom stereocenters. The summed E-state index contributed by atoms with van der Waals surface area (Å²) in [6, 6.07) is 13.1. The molecule has 1 heterocycles. The molecule has 1 spiro atoms. The number of halogens is 2. The summed E-state index contributed by atoms with van der Waals surface area (Å²) >= 11 is 0.315. The quantitative estimate of drug-likeness (QED) is 0.536. The van der Waals surface area contributed by atoms with Crippen molar-refractivity contribution in [1.82, 2.24) is 10.2 Å². The van der Waals surface area contributed by atoms with E-state index in [0.717, 1.165) is 35.3 Å². The Morgan fingerprint density at radius 1 is 1.13 bits per heavy atom. The molecule has 1 aliphatic heterocycles. The second-order valence-electron chi connectivity index (χ2n) is 7.51. The van der Waals surface area contributed by atoms with Crippen molar-refractivity contribution in [3.8, 4) is 0 Å². The Hall–Kier alpha value is -2.94. The number of hydrogen-bond donors (Lipinski definition) is 2. The van der Waals surface area contributed by atoms with E-state index in [2.05, 4.69) is 10.6 Å². The summed E-state index contributed by atoms with van der Waals surface area (Å²) < 4.78 is 25.5. The first kappa shape index (κ1) is 21.3. The number of urea groups is 1. The largest absolute Gasteiger partial charge is 0.325 e. The van der Waals surface area contributed by atoms with Crippen LogP contribution in [0.3, 0.4) is 0 Å². The number of imide groups is 1. The van der Waals surface area contributed by atoms with E-state index in [1.807, 2.05) is 24.3 Å². The van der Waals surface area contributed by atoms with Gasteiger partial charge in [-0.3, -0.25) is 14.5 Å². The lowest BCUT2D eigenvalue weighted by molar-refractivity contribution is -0.134. The molecule has 1 atom stereocenters. The van der Waals surface area contributed by atoms with Crippen LogP contribution in [0.2, 0.25) is 0 Å². The second kappa shape index (κ2) is 8.66. The summed E-state index contributed by atoms with van der Waals surface area (Å²) in [5.74, 6) is -3.74. The van der Waals surface area contributed by atoms with Crippen LogP contribution in [0, 0.1) is 0 Å². The van der Waals surface area contributed by atoms with Gasteiger partial charge in [0.25, 0.3) is 11.7 Å². The summed E-state index contributed by atoms with van der Waals surface area (Å²) in [6.45, 7) is -0.498. The lowest BCUT2D eigenvalue weighted by Crippen LogP contribution is -2.44. The monoisotopic (exact) mass is 445 g/mol. The fourth-order valence-electron chi connectivity index (χ4n) is 4.22. The van der Waals surface area contributed by atoms with Crippen LogP contribution in [0.15, 0.2) is 53.4 Å². The van der Waals surface area contributed by atoms with Crippen molar-refractivity contribution in [2.75, 3.05) is 11.9 Å². The number of benzene rings is 2. The molecule has 9 heteroatoms. The number of amides is 4. The van der Waals surface area contributed by atoms with E-state index < -0.39 is 35.7 Å². The number of anilines is 1. The van der Waals surface area contributed by atoms with Crippen molar-refractivity contribution in [3.63, 3.8) is 0 Å². The van der Waals surface area contributed by atoms with Gasteiger partial charge in [-0.1, -0.05) is 48.2 Å². The maximum Gasteiger partial charge on any atom is 0.325 e. The van der Waals surface area contributed by atoms with Gasteiger partial charge in [0, 0.05) is 4.90 Å². The molecule has 4 rings (SSSR count). The van der Waals surface area contributed by atoms with Crippen molar-refractivity contribution >= 4 is 35.3 Å². The molecule has 31 heavy (non-hydrogen) atoms.